The molecule has 1 aliphatic rings. The number of aliphatic carboxylic acids is 1. The van der Waals surface area contributed by atoms with Crippen LogP contribution in [-0.4, -0.2) is 23.3 Å². The topological polar surface area (TPSA) is 87.1 Å². The average Bonchev–Trinajstić information content (AvgIpc) is 2.28. The van der Waals surface area contributed by atoms with E-state index in [0.717, 1.165) is 31.6 Å². The summed E-state index contributed by atoms with van der Waals surface area (Å²) in [5.41, 5.74) is 5.76. The number of carbonyl (C=O) groups is 1. The summed E-state index contributed by atoms with van der Waals surface area (Å²) in [4.78, 5) is 8.90. The second-order valence-electron chi connectivity index (χ2n) is 4.28. The summed E-state index contributed by atoms with van der Waals surface area (Å²) < 4.78 is 31.7. The van der Waals surface area contributed by atoms with Gasteiger partial charge in [0, 0.05) is 12.5 Å². The molecule has 1 fully saturated rings. The number of hydrogen-bond acceptors (Lipinski definition) is 3. The molecule has 7 heteroatoms. The molecule has 1 rings (SSSR count). The van der Waals surface area contributed by atoms with Crippen molar-refractivity contribution in [3.63, 3.8) is 0 Å². The first-order valence-electron chi connectivity index (χ1n) is 5.70. The van der Waals surface area contributed by atoms with Crippen LogP contribution >= 0.6 is 0 Å². The third-order valence-corrected chi connectivity index (χ3v) is 2.80. The highest BCUT2D eigenvalue weighted by atomic mass is 19.4. The summed E-state index contributed by atoms with van der Waals surface area (Å²) in [6.07, 6.45) is 1.53. The van der Waals surface area contributed by atoms with Crippen molar-refractivity contribution in [1.29, 1.82) is 5.26 Å². The molecule has 0 spiro atoms. The number of carboxylic acids is 1. The number of halogens is 3. The maximum absolute atomic E-state index is 10.6. The summed E-state index contributed by atoms with van der Waals surface area (Å²) in [5.74, 6) is -1.97. The fourth-order valence-corrected chi connectivity index (χ4v) is 1.75. The van der Waals surface area contributed by atoms with Crippen molar-refractivity contribution < 1.29 is 23.1 Å². The second kappa shape index (κ2) is 7.93. The molecule has 0 amide bonds. The number of nitrogens with zero attached hydrogens (tertiary/aromatic N) is 1. The van der Waals surface area contributed by atoms with E-state index in [0.29, 0.717) is 6.04 Å². The molecule has 0 aromatic heterocycles. The van der Waals surface area contributed by atoms with Gasteiger partial charge in [-0.3, -0.25) is 0 Å². The number of hydrogen-bond donors (Lipinski definition) is 2. The highest BCUT2D eigenvalue weighted by Gasteiger charge is 2.38. The zero-order valence-electron chi connectivity index (χ0n) is 9.91. The van der Waals surface area contributed by atoms with Crippen molar-refractivity contribution in [2.75, 3.05) is 0 Å². The van der Waals surface area contributed by atoms with Crippen LogP contribution in [0, 0.1) is 17.2 Å². The Morgan fingerprint density at radius 2 is 1.78 bits per heavy atom. The fraction of sp³-hybridized carbons (Fsp3) is 0.818. The standard InChI is InChI=1S/C9H16N2.C2HF3O2/c10-7-1-2-8-3-5-9(11)6-4-8;3-2(4,5)1(6)7/h8-9H,1-6,11H2;(H,6,7). The Balaban J connectivity index is 0.000000360. The van der Waals surface area contributed by atoms with Crippen LogP contribution in [0.5, 0.6) is 0 Å². The van der Waals surface area contributed by atoms with Gasteiger partial charge in [-0.2, -0.15) is 18.4 Å². The van der Waals surface area contributed by atoms with Crippen LogP contribution in [0.25, 0.3) is 0 Å². The molecular formula is C11H17F3N2O2. The van der Waals surface area contributed by atoms with Gasteiger partial charge in [0.25, 0.3) is 0 Å². The van der Waals surface area contributed by atoms with E-state index in [9.17, 15) is 13.2 Å². The normalized spacial score (nSPS) is 23.5. The zero-order chi connectivity index (χ0) is 14.2. The maximum atomic E-state index is 10.6. The molecule has 0 radical (unpaired) electrons. The number of nitrogens with two attached hydrogens (primary N) is 1. The zero-order valence-corrected chi connectivity index (χ0v) is 9.91. The first-order chi connectivity index (χ1) is 8.27. The lowest BCUT2D eigenvalue weighted by atomic mass is 9.84. The van der Waals surface area contributed by atoms with Gasteiger partial charge in [-0.15, -0.1) is 0 Å². The molecule has 18 heavy (non-hydrogen) atoms. The molecular weight excluding hydrogens is 249 g/mol. The maximum Gasteiger partial charge on any atom is 0.490 e. The minimum atomic E-state index is -5.08. The van der Waals surface area contributed by atoms with E-state index in [1.54, 1.807) is 0 Å². The highest BCUT2D eigenvalue weighted by molar-refractivity contribution is 5.73. The minimum absolute atomic E-state index is 0.438. The van der Waals surface area contributed by atoms with Crippen LogP contribution < -0.4 is 5.73 Å². The molecule has 0 aliphatic heterocycles. The Hall–Kier alpha value is -1.29. The van der Waals surface area contributed by atoms with Crippen molar-refractivity contribution in [1.82, 2.24) is 0 Å². The van der Waals surface area contributed by atoms with Crippen LogP contribution in [0.1, 0.15) is 38.5 Å². The summed E-state index contributed by atoms with van der Waals surface area (Å²) in [7, 11) is 0. The van der Waals surface area contributed by atoms with Crippen molar-refractivity contribution in [2.45, 2.75) is 50.7 Å². The molecule has 104 valence electrons. The second-order valence-corrected chi connectivity index (χ2v) is 4.28. The molecule has 0 aromatic carbocycles. The summed E-state index contributed by atoms with van der Waals surface area (Å²) in [5, 5.41) is 15.5. The van der Waals surface area contributed by atoms with E-state index in [1.807, 2.05) is 0 Å². The van der Waals surface area contributed by atoms with Gasteiger partial charge in [-0.1, -0.05) is 0 Å². The molecule has 1 aliphatic carbocycles. The molecule has 0 saturated heterocycles. The molecule has 1 saturated carbocycles. The van der Waals surface area contributed by atoms with E-state index in [1.165, 1.54) is 12.8 Å². The highest BCUT2D eigenvalue weighted by Crippen LogP contribution is 2.26. The van der Waals surface area contributed by atoms with Gasteiger partial charge in [-0.25, -0.2) is 4.79 Å². The molecule has 0 bridgehead atoms. The largest absolute Gasteiger partial charge is 0.490 e. The first kappa shape index (κ1) is 16.7. The Morgan fingerprint density at radius 1 is 1.33 bits per heavy atom. The Bertz CT molecular complexity index is 292. The SMILES string of the molecule is N#CCCC1CCC(N)CC1.O=C(O)C(F)(F)F. The quantitative estimate of drug-likeness (QED) is 0.803. The van der Waals surface area contributed by atoms with Crippen molar-refractivity contribution >= 4 is 5.97 Å². The van der Waals surface area contributed by atoms with E-state index < -0.39 is 12.1 Å². The number of carboxylic acid groups (broad SMARTS) is 1. The summed E-state index contributed by atoms with van der Waals surface area (Å²) >= 11 is 0. The van der Waals surface area contributed by atoms with E-state index in [-0.39, 0.29) is 0 Å². The van der Waals surface area contributed by atoms with E-state index in [4.69, 9.17) is 20.9 Å². The predicted octanol–water partition coefficient (Wildman–Crippen LogP) is 2.44. The smallest absolute Gasteiger partial charge is 0.475 e. The number of rotatable bonds is 2. The van der Waals surface area contributed by atoms with Gasteiger partial charge >= 0.3 is 12.1 Å². The van der Waals surface area contributed by atoms with Gasteiger partial charge in [0.1, 0.15) is 0 Å². The van der Waals surface area contributed by atoms with Gasteiger partial charge < -0.3 is 10.8 Å². The van der Waals surface area contributed by atoms with Crippen molar-refractivity contribution in [2.24, 2.45) is 11.7 Å². The third kappa shape index (κ3) is 7.90. The molecule has 0 aromatic rings. The van der Waals surface area contributed by atoms with Crippen molar-refractivity contribution in [3.8, 4) is 6.07 Å². The summed E-state index contributed by atoms with van der Waals surface area (Å²) in [6, 6.07) is 2.63. The monoisotopic (exact) mass is 266 g/mol. The first-order valence-corrected chi connectivity index (χ1v) is 5.70. The lowest BCUT2D eigenvalue weighted by molar-refractivity contribution is -0.192. The minimum Gasteiger partial charge on any atom is -0.475 e. The van der Waals surface area contributed by atoms with Crippen LogP contribution in [0.15, 0.2) is 0 Å². The number of nitriles is 1. The average molecular weight is 266 g/mol. The van der Waals surface area contributed by atoms with Crippen LogP contribution in [0.4, 0.5) is 13.2 Å². The van der Waals surface area contributed by atoms with Gasteiger partial charge in [0.05, 0.1) is 6.07 Å². The molecule has 0 heterocycles. The summed E-state index contributed by atoms with van der Waals surface area (Å²) in [6.45, 7) is 0. The molecule has 3 N–H and O–H groups in total. The lowest BCUT2D eigenvalue weighted by Crippen LogP contribution is -2.26. The Morgan fingerprint density at radius 3 is 2.11 bits per heavy atom. The Labute approximate surface area is 104 Å². The molecule has 4 nitrogen and oxygen atoms in total. The molecule has 0 unspecified atom stereocenters. The van der Waals surface area contributed by atoms with Crippen LogP contribution in [0.2, 0.25) is 0 Å². The van der Waals surface area contributed by atoms with Crippen LogP contribution in [-0.2, 0) is 4.79 Å². The fourth-order valence-electron chi connectivity index (χ4n) is 1.75. The predicted molar refractivity (Wildman–Crippen MR) is 58.5 cm³/mol. The van der Waals surface area contributed by atoms with E-state index >= 15 is 0 Å². The lowest BCUT2D eigenvalue weighted by Gasteiger charge is -2.25. The third-order valence-electron chi connectivity index (χ3n) is 2.80. The molecule has 0 atom stereocenters. The van der Waals surface area contributed by atoms with E-state index in [2.05, 4.69) is 6.07 Å². The van der Waals surface area contributed by atoms with Gasteiger partial charge in [0.15, 0.2) is 0 Å². The Kier molecular flexibility index (Phi) is 7.36. The van der Waals surface area contributed by atoms with Crippen molar-refractivity contribution in [3.05, 3.63) is 0 Å². The number of alkyl halides is 3. The van der Waals surface area contributed by atoms with Gasteiger partial charge in [-0.05, 0) is 38.0 Å². The van der Waals surface area contributed by atoms with Gasteiger partial charge in [0.2, 0.25) is 0 Å². The van der Waals surface area contributed by atoms with Crippen LogP contribution in [0.3, 0.4) is 0 Å².